The Morgan fingerprint density at radius 3 is 2.68 bits per heavy atom. The van der Waals surface area contributed by atoms with E-state index in [0.717, 1.165) is 12.0 Å². The second kappa shape index (κ2) is 5.76. The number of benzene rings is 1. The minimum absolute atomic E-state index is 0.00164. The molecule has 0 amide bonds. The van der Waals surface area contributed by atoms with Crippen molar-refractivity contribution in [2.45, 2.75) is 18.9 Å². The van der Waals surface area contributed by atoms with Gasteiger partial charge in [0.25, 0.3) is 0 Å². The lowest BCUT2D eigenvalue weighted by Gasteiger charge is -2.05. The summed E-state index contributed by atoms with van der Waals surface area (Å²) in [6.45, 7) is -0.0749. The van der Waals surface area contributed by atoms with Crippen LogP contribution in [0.1, 0.15) is 23.7 Å². The van der Waals surface area contributed by atoms with Gasteiger partial charge in [0, 0.05) is 5.02 Å². The molecule has 1 aliphatic carbocycles. The second-order valence-electron chi connectivity index (χ2n) is 5.08. The smallest absolute Gasteiger partial charge is 0.310 e. The number of hydrogen-bond donors (Lipinski definition) is 2. The van der Waals surface area contributed by atoms with Crippen molar-refractivity contribution in [1.82, 2.24) is 15.0 Å². The van der Waals surface area contributed by atoms with Crippen molar-refractivity contribution >= 4 is 29.5 Å². The summed E-state index contributed by atoms with van der Waals surface area (Å²) >= 11 is 5.95. The molecule has 114 valence electrons. The minimum Gasteiger partial charge on any atom is -0.457 e. The molecule has 2 aromatic rings. The zero-order valence-corrected chi connectivity index (χ0v) is 12.3. The van der Waals surface area contributed by atoms with E-state index in [-0.39, 0.29) is 42.1 Å². The third kappa shape index (κ3) is 3.25. The normalized spacial score (nSPS) is 19.7. The first-order valence-electron chi connectivity index (χ1n) is 6.71. The van der Waals surface area contributed by atoms with E-state index >= 15 is 0 Å². The molecule has 8 heteroatoms. The number of nitrogens with two attached hydrogens (primary N) is 2. The molecular weight excluding hydrogens is 306 g/mol. The summed E-state index contributed by atoms with van der Waals surface area (Å²) in [6.07, 6.45) is 0.751. The molecule has 22 heavy (non-hydrogen) atoms. The fourth-order valence-electron chi connectivity index (χ4n) is 2.33. The molecule has 1 aromatic carbocycles. The van der Waals surface area contributed by atoms with Gasteiger partial charge < -0.3 is 16.2 Å². The molecule has 1 aromatic heterocycles. The van der Waals surface area contributed by atoms with Crippen LogP contribution >= 0.6 is 11.6 Å². The molecule has 1 aliphatic rings. The number of nitrogens with zero attached hydrogens (tertiary/aromatic N) is 3. The number of carbonyl (C=O) groups is 1. The predicted molar refractivity (Wildman–Crippen MR) is 80.7 cm³/mol. The largest absolute Gasteiger partial charge is 0.457 e. The van der Waals surface area contributed by atoms with Gasteiger partial charge in [-0.05, 0) is 30.0 Å². The van der Waals surface area contributed by atoms with Gasteiger partial charge in [-0.3, -0.25) is 4.79 Å². The highest BCUT2D eigenvalue weighted by Crippen LogP contribution is 2.48. The zero-order chi connectivity index (χ0) is 15.7. The Balaban J connectivity index is 1.57. The molecule has 4 N–H and O–H groups in total. The number of rotatable bonds is 4. The van der Waals surface area contributed by atoms with Crippen LogP contribution in [0.3, 0.4) is 0 Å². The van der Waals surface area contributed by atoms with Crippen LogP contribution in [0.2, 0.25) is 5.02 Å². The summed E-state index contributed by atoms with van der Waals surface area (Å²) in [5, 5.41) is 0.660. The fourth-order valence-corrected chi connectivity index (χ4v) is 2.52. The minimum atomic E-state index is -0.289. The lowest BCUT2D eigenvalue weighted by atomic mass is 10.1. The molecule has 1 saturated carbocycles. The van der Waals surface area contributed by atoms with E-state index in [9.17, 15) is 4.79 Å². The van der Waals surface area contributed by atoms with Crippen LogP contribution < -0.4 is 11.5 Å². The number of nitrogen functional groups attached to an aromatic ring is 2. The summed E-state index contributed by atoms with van der Waals surface area (Å²) in [6, 6.07) is 7.50. The predicted octanol–water partition coefficient (Wildman–Crippen LogP) is 1.54. The van der Waals surface area contributed by atoms with E-state index in [2.05, 4.69) is 15.0 Å². The first kappa shape index (κ1) is 14.5. The number of aromatic nitrogens is 3. The van der Waals surface area contributed by atoms with Gasteiger partial charge in [-0.15, -0.1) is 0 Å². The van der Waals surface area contributed by atoms with E-state index in [1.807, 2.05) is 18.2 Å². The van der Waals surface area contributed by atoms with Crippen molar-refractivity contribution in [1.29, 1.82) is 0 Å². The van der Waals surface area contributed by atoms with Crippen LogP contribution in [-0.2, 0) is 16.1 Å². The highest BCUT2D eigenvalue weighted by Gasteiger charge is 2.45. The maximum Gasteiger partial charge on any atom is 0.310 e. The molecule has 7 nitrogen and oxygen atoms in total. The molecule has 3 rings (SSSR count). The first-order chi connectivity index (χ1) is 10.5. The first-order valence-corrected chi connectivity index (χ1v) is 7.08. The zero-order valence-electron chi connectivity index (χ0n) is 11.6. The van der Waals surface area contributed by atoms with Crippen LogP contribution in [0.15, 0.2) is 24.3 Å². The number of anilines is 2. The van der Waals surface area contributed by atoms with Crippen LogP contribution in [0, 0.1) is 5.92 Å². The van der Waals surface area contributed by atoms with Gasteiger partial charge in [-0.25, -0.2) is 0 Å². The molecule has 0 unspecified atom stereocenters. The lowest BCUT2D eigenvalue weighted by Crippen LogP contribution is -2.12. The third-order valence-corrected chi connectivity index (χ3v) is 3.66. The van der Waals surface area contributed by atoms with Gasteiger partial charge in [0.15, 0.2) is 12.4 Å². The van der Waals surface area contributed by atoms with Crippen molar-refractivity contribution in [3.05, 3.63) is 40.7 Å². The van der Waals surface area contributed by atoms with Gasteiger partial charge >= 0.3 is 5.97 Å². The Bertz CT molecular complexity index is 704. The Labute approximate surface area is 131 Å². The average Bonchev–Trinajstić information content (AvgIpc) is 3.24. The Morgan fingerprint density at radius 1 is 1.27 bits per heavy atom. The summed E-state index contributed by atoms with van der Waals surface area (Å²) in [4.78, 5) is 23.4. The van der Waals surface area contributed by atoms with Crippen LogP contribution in [-0.4, -0.2) is 20.9 Å². The molecule has 1 fully saturated rings. The highest BCUT2D eigenvalue weighted by molar-refractivity contribution is 6.30. The van der Waals surface area contributed by atoms with Crippen molar-refractivity contribution < 1.29 is 9.53 Å². The summed E-state index contributed by atoms with van der Waals surface area (Å²) < 4.78 is 5.21. The molecule has 1 heterocycles. The van der Waals surface area contributed by atoms with Crippen molar-refractivity contribution in [3.8, 4) is 0 Å². The maximum atomic E-state index is 12.0. The molecular formula is C14H14ClN5O2. The topological polar surface area (TPSA) is 117 Å². The monoisotopic (exact) mass is 319 g/mol. The van der Waals surface area contributed by atoms with E-state index in [0.29, 0.717) is 5.02 Å². The number of esters is 1. The molecule has 0 radical (unpaired) electrons. The van der Waals surface area contributed by atoms with Crippen molar-refractivity contribution in [2.24, 2.45) is 5.92 Å². The van der Waals surface area contributed by atoms with Gasteiger partial charge in [-0.1, -0.05) is 23.7 Å². The van der Waals surface area contributed by atoms with Crippen LogP contribution in [0.4, 0.5) is 11.9 Å². The fraction of sp³-hybridized carbons (Fsp3) is 0.286. The number of ether oxygens (including phenoxy) is 1. The quantitative estimate of drug-likeness (QED) is 0.821. The Hall–Kier alpha value is -2.41. The van der Waals surface area contributed by atoms with E-state index in [4.69, 9.17) is 27.8 Å². The molecule has 0 spiro atoms. The van der Waals surface area contributed by atoms with Gasteiger partial charge in [0.1, 0.15) is 0 Å². The van der Waals surface area contributed by atoms with Gasteiger partial charge in [0.05, 0.1) is 5.92 Å². The number of halogens is 1. The summed E-state index contributed by atoms with van der Waals surface area (Å²) in [5.41, 5.74) is 12.0. The average molecular weight is 320 g/mol. The van der Waals surface area contributed by atoms with Crippen LogP contribution in [0.5, 0.6) is 0 Å². The SMILES string of the molecule is Nc1nc(N)nc(COC(=O)[C@@H]2C[C@H]2c2cccc(Cl)c2)n1. The van der Waals surface area contributed by atoms with Crippen molar-refractivity contribution in [2.75, 3.05) is 11.5 Å². The second-order valence-corrected chi connectivity index (χ2v) is 5.52. The molecule has 0 saturated heterocycles. The van der Waals surface area contributed by atoms with E-state index in [1.165, 1.54) is 0 Å². The molecule has 2 atom stereocenters. The van der Waals surface area contributed by atoms with E-state index < -0.39 is 0 Å². The standard InChI is InChI=1S/C14H14ClN5O2/c15-8-3-1-2-7(4-8)9-5-10(9)12(21)22-6-11-18-13(16)20-14(17)19-11/h1-4,9-10H,5-6H2,(H4,16,17,18,19,20)/t9-,10+/m0/s1. The Kier molecular flexibility index (Phi) is 3.81. The molecule has 0 aliphatic heterocycles. The van der Waals surface area contributed by atoms with E-state index in [1.54, 1.807) is 6.07 Å². The lowest BCUT2D eigenvalue weighted by molar-refractivity contribution is -0.146. The number of carbonyl (C=O) groups excluding carboxylic acids is 1. The molecule has 0 bridgehead atoms. The van der Waals surface area contributed by atoms with Gasteiger partial charge in [-0.2, -0.15) is 15.0 Å². The Morgan fingerprint density at radius 2 is 2.00 bits per heavy atom. The van der Waals surface area contributed by atoms with Crippen LogP contribution in [0.25, 0.3) is 0 Å². The summed E-state index contributed by atoms with van der Waals surface area (Å²) in [7, 11) is 0. The number of hydrogen-bond acceptors (Lipinski definition) is 7. The summed E-state index contributed by atoms with van der Waals surface area (Å²) in [5.74, 6) is -0.0564. The van der Waals surface area contributed by atoms with Gasteiger partial charge in [0.2, 0.25) is 11.9 Å². The maximum absolute atomic E-state index is 12.0. The highest BCUT2D eigenvalue weighted by atomic mass is 35.5. The third-order valence-electron chi connectivity index (χ3n) is 3.43. The van der Waals surface area contributed by atoms with Crippen molar-refractivity contribution in [3.63, 3.8) is 0 Å².